The van der Waals surface area contributed by atoms with E-state index in [9.17, 15) is 10.1 Å². The second-order valence-corrected chi connectivity index (χ2v) is 8.14. The number of aryl methyl sites for hydroxylation is 1. The molecule has 4 heteroatoms. The van der Waals surface area contributed by atoms with Crippen LogP contribution < -0.4 is 0 Å². The van der Waals surface area contributed by atoms with E-state index in [1.807, 2.05) is 13.0 Å². The minimum absolute atomic E-state index is 0.00241. The number of hydrogen-bond donors (Lipinski definition) is 0. The summed E-state index contributed by atoms with van der Waals surface area (Å²) in [5, 5.41) is 9.89. The van der Waals surface area contributed by atoms with Gasteiger partial charge in [0.25, 0.3) is 0 Å². The van der Waals surface area contributed by atoms with Gasteiger partial charge in [0.2, 0.25) is 0 Å². The molecule has 3 nitrogen and oxygen atoms in total. The molecule has 0 aromatic carbocycles. The number of nitrogens with zero attached hydrogens (tertiary/aromatic N) is 2. The number of nitriles is 1. The number of ketones is 1. The maximum Gasteiger partial charge on any atom is 0.150 e. The molecule has 0 unspecified atom stereocenters. The summed E-state index contributed by atoms with van der Waals surface area (Å²) in [5.41, 5.74) is 1.50. The van der Waals surface area contributed by atoms with Crippen LogP contribution in [-0.4, -0.2) is 16.0 Å². The molecule has 2 saturated carbocycles. The summed E-state index contributed by atoms with van der Waals surface area (Å²) in [6.45, 7) is 8.59. The van der Waals surface area contributed by atoms with E-state index in [4.69, 9.17) is 0 Å². The summed E-state index contributed by atoms with van der Waals surface area (Å²) in [6.07, 6.45) is 2.09. The van der Waals surface area contributed by atoms with Gasteiger partial charge in [-0.3, -0.25) is 4.79 Å². The lowest BCUT2D eigenvalue weighted by Crippen LogP contribution is -2.35. The van der Waals surface area contributed by atoms with Crippen molar-refractivity contribution < 1.29 is 4.79 Å². The SMILES string of the molecule is Cc1ccc(C#N)c(S[C@H]2C(=O)[C@@H]3CC[C@]2(C)C3(C)C)n1. The van der Waals surface area contributed by atoms with Gasteiger partial charge in [0.05, 0.1) is 10.8 Å². The second-order valence-electron chi connectivity index (χ2n) is 7.05. The number of pyridine rings is 1. The summed E-state index contributed by atoms with van der Waals surface area (Å²) in [4.78, 5) is 17.2. The van der Waals surface area contributed by atoms with Crippen molar-refractivity contribution in [2.45, 2.75) is 50.8 Å². The Morgan fingerprint density at radius 3 is 2.67 bits per heavy atom. The zero-order valence-electron chi connectivity index (χ0n) is 12.9. The van der Waals surface area contributed by atoms with Crippen molar-refractivity contribution in [2.75, 3.05) is 0 Å². The maximum atomic E-state index is 12.7. The van der Waals surface area contributed by atoms with E-state index in [-0.39, 0.29) is 22.0 Å². The molecule has 3 rings (SSSR count). The maximum absolute atomic E-state index is 12.7. The zero-order chi connectivity index (χ0) is 15.4. The lowest BCUT2D eigenvalue weighted by atomic mass is 9.71. The van der Waals surface area contributed by atoms with Crippen molar-refractivity contribution in [1.29, 1.82) is 5.26 Å². The van der Waals surface area contributed by atoms with Gasteiger partial charge in [-0.05, 0) is 42.7 Å². The fraction of sp³-hybridized carbons (Fsp3) is 0.588. The van der Waals surface area contributed by atoms with Crippen molar-refractivity contribution in [3.8, 4) is 6.07 Å². The van der Waals surface area contributed by atoms with Crippen molar-refractivity contribution in [3.05, 3.63) is 23.4 Å². The van der Waals surface area contributed by atoms with E-state index >= 15 is 0 Å². The van der Waals surface area contributed by atoms with E-state index in [0.29, 0.717) is 16.4 Å². The summed E-state index contributed by atoms with van der Waals surface area (Å²) in [7, 11) is 0. The molecule has 1 heterocycles. The minimum Gasteiger partial charge on any atom is -0.298 e. The molecule has 1 aromatic heterocycles. The predicted octanol–water partition coefficient (Wildman–Crippen LogP) is 3.75. The molecule has 0 saturated heterocycles. The van der Waals surface area contributed by atoms with Gasteiger partial charge in [-0.25, -0.2) is 4.98 Å². The van der Waals surface area contributed by atoms with Crippen molar-refractivity contribution in [3.63, 3.8) is 0 Å². The fourth-order valence-electron chi connectivity index (χ4n) is 4.00. The first-order chi connectivity index (χ1) is 9.81. The van der Waals surface area contributed by atoms with Crippen LogP contribution in [0.1, 0.15) is 44.9 Å². The largest absolute Gasteiger partial charge is 0.298 e. The molecule has 3 atom stereocenters. The topological polar surface area (TPSA) is 53.8 Å². The number of carbonyl (C=O) groups is 1. The smallest absolute Gasteiger partial charge is 0.150 e. The molecule has 2 aliphatic rings. The number of thioether (sulfide) groups is 1. The molecule has 0 spiro atoms. The Bertz CT molecular complexity index is 661. The van der Waals surface area contributed by atoms with E-state index < -0.39 is 0 Å². The highest BCUT2D eigenvalue weighted by atomic mass is 32.2. The quantitative estimate of drug-likeness (QED) is 0.834. The number of carbonyl (C=O) groups excluding carboxylic acids is 1. The first kappa shape index (κ1) is 14.6. The van der Waals surface area contributed by atoms with Crippen LogP contribution in [0.25, 0.3) is 0 Å². The van der Waals surface area contributed by atoms with Gasteiger partial charge in [0.1, 0.15) is 16.9 Å². The normalized spacial score (nSPS) is 33.2. The van der Waals surface area contributed by atoms with Crippen LogP contribution in [0.3, 0.4) is 0 Å². The molecule has 2 bridgehead atoms. The highest BCUT2D eigenvalue weighted by Gasteiger charge is 2.66. The summed E-state index contributed by atoms with van der Waals surface area (Å²) < 4.78 is 0. The van der Waals surface area contributed by atoms with Crippen LogP contribution in [-0.2, 0) is 4.79 Å². The molecule has 2 aliphatic carbocycles. The lowest BCUT2D eigenvalue weighted by Gasteiger charge is -2.37. The van der Waals surface area contributed by atoms with Crippen LogP contribution in [0.5, 0.6) is 0 Å². The predicted molar refractivity (Wildman–Crippen MR) is 83.0 cm³/mol. The highest BCUT2D eigenvalue weighted by Crippen LogP contribution is 2.67. The Kier molecular flexibility index (Phi) is 3.18. The van der Waals surface area contributed by atoms with Crippen molar-refractivity contribution in [2.24, 2.45) is 16.7 Å². The van der Waals surface area contributed by atoms with E-state index in [1.54, 1.807) is 6.07 Å². The standard InChI is InChI=1S/C17H20N2OS/c1-10-5-6-11(9-18)15(19-10)21-14-13(20)12-7-8-17(14,4)16(12,2)3/h5-6,12,14H,7-8H2,1-4H3/t12-,14-,17-/m0/s1. The van der Waals surface area contributed by atoms with Crippen LogP contribution in [0, 0.1) is 35.0 Å². The number of rotatable bonds is 2. The molecule has 1 aromatic rings. The molecular formula is C17H20N2OS. The third-order valence-corrected chi connectivity index (χ3v) is 7.35. The molecule has 0 amide bonds. The van der Waals surface area contributed by atoms with Gasteiger partial charge >= 0.3 is 0 Å². The number of aromatic nitrogens is 1. The van der Waals surface area contributed by atoms with E-state index in [0.717, 1.165) is 18.5 Å². The lowest BCUT2D eigenvalue weighted by molar-refractivity contribution is -0.122. The zero-order valence-corrected chi connectivity index (χ0v) is 13.8. The Morgan fingerprint density at radius 2 is 2.10 bits per heavy atom. The van der Waals surface area contributed by atoms with Gasteiger partial charge in [0.15, 0.2) is 0 Å². The Morgan fingerprint density at radius 1 is 1.38 bits per heavy atom. The fourth-order valence-corrected chi connectivity index (χ4v) is 5.62. The average Bonchev–Trinajstić information content (AvgIpc) is 2.73. The third-order valence-electron chi connectivity index (χ3n) is 5.83. The second kappa shape index (κ2) is 4.58. The molecular weight excluding hydrogens is 280 g/mol. The van der Waals surface area contributed by atoms with E-state index in [2.05, 4.69) is 31.8 Å². The first-order valence-corrected chi connectivity index (χ1v) is 8.27. The molecule has 110 valence electrons. The van der Waals surface area contributed by atoms with Crippen molar-refractivity contribution >= 4 is 17.5 Å². The molecule has 0 aliphatic heterocycles. The number of fused-ring (bicyclic) bond motifs is 2. The van der Waals surface area contributed by atoms with Crippen LogP contribution >= 0.6 is 11.8 Å². The number of hydrogen-bond acceptors (Lipinski definition) is 4. The van der Waals surface area contributed by atoms with Crippen LogP contribution in [0.15, 0.2) is 17.2 Å². The summed E-state index contributed by atoms with van der Waals surface area (Å²) in [6, 6.07) is 5.84. The van der Waals surface area contributed by atoms with Gasteiger partial charge in [-0.2, -0.15) is 5.26 Å². The van der Waals surface area contributed by atoms with Gasteiger partial charge in [-0.15, -0.1) is 0 Å². The monoisotopic (exact) mass is 300 g/mol. The third kappa shape index (κ3) is 1.87. The first-order valence-electron chi connectivity index (χ1n) is 7.39. The molecule has 21 heavy (non-hydrogen) atoms. The average molecular weight is 300 g/mol. The Balaban J connectivity index is 1.99. The Labute approximate surface area is 130 Å². The van der Waals surface area contributed by atoms with Gasteiger partial charge in [-0.1, -0.05) is 32.5 Å². The van der Waals surface area contributed by atoms with Crippen LogP contribution in [0.2, 0.25) is 0 Å². The highest BCUT2D eigenvalue weighted by molar-refractivity contribution is 8.00. The van der Waals surface area contributed by atoms with E-state index in [1.165, 1.54) is 11.8 Å². The van der Waals surface area contributed by atoms with Gasteiger partial charge < -0.3 is 0 Å². The van der Waals surface area contributed by atoms with Gasteiger partial charge in [0, 0.05) is 11.6 Å². The summed E-state index contributed by atoms with van der Waals surface area (Å²) in [5.74, 6) is 0.515. The Hall–Kier alpha value is -1.34. The molecule has 2 fully saturated rings. The summed E-state index contributed by atoms with van der Waals surface area (Å²) >= 11 is 1.51. The van der Waals surface area contributed by atoms with Crippen molar-refractivity contribution in [1.82, 2.24) is 4.98 Å². The van der Waals surface area contributed by atoms with Crippen LogP contribution in [0.4, 0.5) is 0 Å². The number of Topliss-reactive ketones (excluding diaryl/α,β-unsaturated/α-hetero) is 1. The molecule has 0 N–H and O–H groups in total. The molecule has 0 radical (unpaired) electrons. The minimum atomic E-state index is -0.0763.